The Morgan fingerprint density at radius 3 is 2.56 bits per heavy atom. The lowest BCUT2D eigenvalue weighted by molar-refractivity contribution is -0.127. The van der Waals surface area contributed by atoms with E-state index in [-0.39, 0.29) is 24.4 Å². The first-order valence-corrected chi connectivity index (χ1v) is 11.0. The van der Waals surface area contributed by atoms with Gasteiger partial charge in [0.15, 0.2) is 0 Å². The number of benzene rings is 2. The molecule has 0 aliphatic heterocycles. The lowest BCUT2D eigenvalue weighted by Crippen LogP contribution is -2.48. The minimum absolute atomic E-state index is 0.0173. The first kappa shape index (κ1) is 21.7. The highest BCUT2D eigenvalue weighted by Gasteiger charge is 2.34. The Labute approximate surface area is 187 Å². The molecule has 1 N–H and O–H groups in total. The second kappa shape index (κ2) is 10.2. The number of hydrogen-bond acceptors (Lipinski definition) is 3. The number of imidazole rings is 1. The molecular formula is C25H27FN4O2. The molecule has 1 atom stereocenters. The van der Waals surface area contributed by atoms with Crippen LogP contribution in [0.4, 0.5) is 10.1 Å². The Morgan fingerprint density at radius 1 is 1.09 bits per heavy atom. The van der Waals surface area contributed by atoms with Crippen molar-refractivity contribution in [3.63, 3.8) is 0 Å². The van der Waals surface area contributed by atoms with E-state index in [1.807, 2.05) is 30.3 Å². The molecule has 1 aromatic heterocycles. The molecule has 2 aromatic carbocycles. The highest BCUT2D eigenvalue weighted by molar-refractivity contribution is 6.01. The first-order valence-electron chi connectivity index (χ1n) is 11.0. The van der Waals surface area contributed by atoms with Crippen molar-refractivity contribution in [2.45, 2.75) is 50.7 Å². The van der Waals surface area contributed by atoms with E-state index < -0.39 is 11.9 Å². The van der Waals surface area contributed by atoms with Crippen molar-refractivity contribution in [1.29, 1.82) is 0 Å². The standard InChI is InChI=1S/C25H27FN4O2/c26-20-10-7-13-22(16-20)30(23(31)17-29-15-14-27-18-29)24(19-8-3-1-4-9-19)25(32)28-21-11-5-2-6-12-21/h1,3-4,7-10,13-16,18,21,24H,2,5-6,11-12,17H2,(H,28,32). The fraction of sp³-hybridized carbons (Fsp3) is 0.320. The van der Waals surface area contributed by atoms with Crippen molar-refractivity contribution in [3.8, 4) is 0 Å². The average Bonchev–Trinajstić information content (AvgIpc) is 3.31. The summed E-state index contributed by atoms with van der Waals surface area (Å²) in [5, 5.41) is 3.15. The number of rotatable bonds is 7. The molecule has 3 aromatic rings. The van der Waals surface area contributed by atoms with E-state index in [1.54, 1.807) is 35.4 Å². The largest absolute Gasteiger partial charge is 0.351 e. The number of carbonyl (C=O) groups excluding carboxylic acids is 2. The van der Waals surface area contributed by atoms with Gasteiger partial charge in [-0.15, -0.1) is 0 Å². The monoisotopic (exact) mass is 434 g/mol. The van der Waals surface area contributed by atoms with Crippen LogP contribution in [-0.4, -0.2) is 27.4 Å². The lowest BCUT2D eigenvalue weighted by Gasteiger charge is -2.33. The second-order valence-electron chi connectivity index (χ2n) is 8.14. The van der Waals surface area contributed by atoms with E-state index in [1.165, 1.54) is 23.5 Å². The molecule has 4 rings (SSSR count). The van der Waals surface area contributed by atoms with Crippen LogP contribution in [0, 0.1) is 5.82 Å². The van der Waals surface area contributed by atoms with Gasteiger partial charge in [0.25, 0.3) is 0 Å². The quantitative estimate of drug-likeness (QED) is 0.605. The smallest absolute Gasteiger partial charge is 0.248 e. The molecule has 0 spiro atoms. The molecule has 1 aliphatic carbocycles. The first-order chi connectivity index (χ1) is 15.6. The third-order valence-electron chi connectivity index (χ3n) is 5.81. The van der Waals surface area contributed by atoms with E-state index in [0.717, 1.165) is 25.7 Å². The number of nitrogens with one attached hydrogen (secondary N) is 1. The van der Waals surface area contributed by atoms with Crippen LogP contribution in [0.5, 0.6) is 0 Å². The summed E-state index contributed by atoms with van der Waals surface area (Å²) in [6.45, 7) is -0.0173. The molecule has 0 saturated heterocycles. The zero-order chi connectivity index (χ0) is 22.3. The summed E-state index contributed by atoms with van der Waals surface area (Å²) in [5.41, 5.74) is 1.01. The molecule has 32 heavy (non-hydrogen) atoms. The van der Waals surface area contributed by atoms with Gasteiger partial charge in [0.2, 0.25) is 11.8 Å². The van der Waals surface area contributed by atoms with Crippen molar-refractivity contribution in [2.75, 3.05) is 4.90 Å². The Kier molecular flexibility index (Phi) is 6.94. The minimum atomic E-state index is -0.920. The summed E-state index contributed by atoms with van der Waals surface area (Å²) in [6, 6.07) is 14.1. The molecule has 7 heteroatoms. The van der Waals surface area contributed by atoms with E-state index in [9.17, 15) is 14.0 Å². The second-order valence-corrected chi connectivity index (χ2v) is 8.14. The third-order valence-corrected chi connectivity index (χ3v) is 5.81. The van der Waals surface area contributed by atoms with Gasteiger partial charge in [-0.1, -0.05) is 55.7 Å². The van der Waals surface area contributed by atoms with E-state index in [4.69, 9.17) is 0 Å². The fourth-order valence-electron chi connectivity index (χ4n) is 4.26. The third kappa shape index (κ3) is 5.22. The summed E-state index contributed by atoms with van der Waals surface area (Å²) in [6.07, 6.45) is 9.99. The predicted octanol–water partition coefficient (Wildman–Crippen LogP) is 4.25. The summed E-state index contributed by atoms with van der Waals surface area (Å²) < 4.78 is 15.8. The van der Waals surface area contributed by atoms with E-state index in [2.05, 4.69) is 10.3 Å². The molecule has 0 bridgehead atoms. The number of carbonyl (C=O) groups is 2. The van der Waals surface area contributed by atoms with Crippen LogP contribution >= 0.6 is 0 Å². The number of nitrogens with zero attached hydrogens (tertiary/aromatic N) is 3. The SMILES string of the molecule is O=C(NC1CCCCC1)C(c1ccccc1)N(C(=O)Cn1ccnc1)c1cccc(F)c1. The van der Waals surface area contributed by atoms with Crippen molar-refractivity contribution in [2.24, 2.45) is 0 Å². The van der Waals surface area contributed by atoms with Crippen LogP contribution < -0.4 is 10.2 Å². The molecular weight excluding hydrogens is 407 g/mol. The zero-order valence-electron chi connectivity index (χ0n) is 17.9. The molecule has 0 radical (unpaired) electrons. The molecule has 166 valence electrons. The van der Waals surface area contributed by atoms with Gasteiger partial charge in [0.05, 0.1) is 6.33 Å². The summed E-state index contributed by atoms with van der Waals surface area (Å²) in [7, 11) is 0. The molecule has 1 fully saturated rings. The van der Waals surface area contributed by atoms with Crippen molar-refractivity contribution >= 4 is 17.5 Å². The van der Waals surface area contributed by atoms with Gasteiger partial charge in [-0.3, -0.25) is 14.5 Å². The van der Waals surface area contributed by atoms with Gasteiger partial charge in [-0.2, -0.15) is 0 Å². The van der Waals surface area contributed by atoms with Gasteiger partial charge in [-0.25, -0.2) is 9.37 Å². The lowest BCUT2D eigenvalue weighted by atomic mass is 9.94. The van der Waals surface area contributed by atoms with Crippen molar-refractivity contribution < 1.29 is 14.0 Å². The molecule has 1 saturated carbocycles. The van der Waals surface area contributed by atoms with Crippen LogP contribution in [-0.2, 0) is 16.1 Å². The maximum Gasteiger partial charge on any atom is 0.248 e. The topological polar surface area (TPSA) is 67.2 Å². The van der Waals surface area contributed by atoms with Gasteiger partial charge in [0.1, 0.15) is 18.4 Å². The maximum absolute atomic E-state index is 14.2. The van der Waals surface area contributed by atoms with E-state index >= 15 is 0 Å². The highest BCUT2D eigenvalue weighted by atomic mass is 19.1. The molecule has 2 amide bonds. The van der Waals surface area contributed by atoms with Crippen LogP contribution in [0.1, 0.15) is 43.7 Å². The van der Waals surface area contributed by atoms with Crippen LogP contribution in [0.25, 0.3) is 0 Å². The number of halogens is 1. The zero-order valence-corrected chi connectivity index (χ0v) is 17.9. The van der Waals surface area contributed by atoms with Crippen molar-refractivity contribution in [1.82, 2.24) is 14.9 Å². The molecule has 6 nitrogen and oxygen atoms in total. The summed E-state index contributed by atoms with van der Waals surface area (Å²) in [4.78, 5) is 32.5. The Hall–Kier alpha value is -3.48. The number of aromatic nitrogens is 2. The summed E-state index contributed by atoms with van der Waals surface area (Å²) in [5.74, 6) is -1.06. The Bertz CT molecular complexity index is 1030. The molecule has 1 unspecified atom stereocenters. The summed E-state index contributed by atoms with van der Waals surface area (Å²) >= 11 is 0. The van der Waals surface area contributed by atoms with E-state index in [0.29, 0.717) is 11.3 Å². The van der Waals surface area contributed by atoms with Crippen LogP contribution in [0.2, 0.25) is 0 Å². The average molecular weight is 435 g/mol. The predicted molar refractivity (Wildman–Crippen MR) is 120 cm³/mol. The number of amides is 2. The number of anilines is 1. The van der Waals surface area contributed by atoms with Crippen LogP contribution in [0.15, 0.2) is 73.3 Å². The Morgan fingerprint density at radius 2 is 1.88 bits per heavy atom. The van der Waals surface area contributed by atoms with Gasteiger partial charge in [-0.05, 0) is 36.6 Å². The maximum atomic E-state index is 14.2. The molecule has 1 aliphatic rings. The van der Waals surface area contributed by atoms with Gasteiger partial charge in [0, 0.05) is 24.1 Å². The fourth-order valence-corrected chi connectivity index (χ4v) is 4.26. The number of hydrogen-bond donors (Lipinski definition) is 1. The normalized spacial score (nSPS) is 15.2. The van der Waals surface area contributed by atoms with Gasteiger partial charge < -0.3 is 9.88 Å². The highest BCUT2D eigenvalue weighted by Crippen LogP contribution is 2.30. The Balaban J connectivity index is 1.72. The molecule has 1 heterocycles. The minimum Gasteiger partial charge on any atom is -0.351 e. The van der Waals surface area contributed by atoms with Gasteiger partial charge >= 0.3 is 0 Å². The van der Waals surface area contributed by atoms with Crippen molar-refractivity contribution in [3.05, 3.63) is 84.7 Å². The van der Waals surface area contributed by atoms with Crippen LogP contribution in [0.3, 0.4) is 0 Å².